The maximum Gasteiger partial charge on any atom is 0.411 e. The Kier molecular flexibility index (Phi) is 5.92. The molecule has 3 rings (SSSR count). The summed E-state index contributed by atoms with van der Waals surface area (Å²) in [6.07, 6.45) is -5.83. The predicted molar refractivity (Wildman–Crippen MR) is 98.6 cm³/mol. The number of benzene rings is 2. The molecule has 0 aliphatic carbocycles. The Hall–Kier alpha value is -2.49. The van der Waals surface area contributed by atoms with Gasteiger partial charge in [0.15, 0.2) is 11.6 Å². The van der Waals surface area contributed by atoms with Crippen LogP contribution in [0.3, 0.4) is 0 Å². The van der Waals surface area contributed by atoms with E-state index in [-0.39, 0.29) is 5.56 Å². The molecule has 0 spiro atoms. The Balaban J connectivity index is 2.01. The normalized spacial score (nSPS) is 21.9. The fraction of sp³-hybridized carbons (Fsp3) is 0.263. The number of carbonyl (C=O) groups excluding carboxylic acids is 1. The molecule has 2 aromatic rings. The van der Waals surface area contributed by atoms with Crippen LogP contribution in [0.1, 0.15) is 22.3 Å². The summed E-state index contributed by atoms with van der Waals surface area (Å²) in [5.74, 6) is -1.74. The van der Waals surface area contributed by atoms with Crippen LogP contribution in [-0.4, -0.2) is 30.8 Å². The third kappa shape index (κ3) is 4.58. The molecule has 0 radical (unpaired) electrons. The number of halogens is 6. The predicted octanol–water partition coefficient (Wildman–Crippen LogP) is 4.89. The standard InChI is InChI=1S/C19H14BrF5N2O2/c20-12-6-7-14(22)13(8-12)18(10-21)9-15(19(23,24)25)26-17(29-18)27-16(28)11-4-2-1-3-5-11/h1-8,15H,9-10H2,(H,26,27,28)/t15-,18+/m0/s1. The average molecular weight is 477 g/mol. The Morgan fingerprint density at radius 2 is 1.93 bits per heavy atom. The van der Waals surface area contributed by atoms with Crippen LogP contribution in [0, 0.1) is 5.82 Å². The van der Waals surface area contributed by atoms with Crippen molar-refractivity contribution in [1.29, 1.82) is 0 Å². The van der Waals surface area contributed by atoms with Crippen LogP contribution in [0.5, 0.6) is 0 Å². The highest BCUT2D eigenvalue weighted by Crippen LogP contribution is 2.42. The van der Waals surface area contributed by atoms with Gasteiger partial charge in [0.25, 0.3) is 11.9 Å². The van der Waals surface area contributed by atoms with E-state index in [1.807, 2.05) is 0 Å². The smallest absolute Gasteiger partial charge is 0.411 e. The minimum atomic E-state index is -4.85. The van der Waals surface area contributed by atoms with Crippen LogP contribution >= 0.6 is 15.9 Å². The molecule has 2 aromatic carbocycles. The van der Waals surface area contributed by atoms with Crippen LogP contribution in [0.25, 0.3) is 0 Å². The molecule has 0 aromatic heterocycles. The number of rotatable bonds is 3. The van der Waals surface area contributed by atoms with Crippen molar-refractivity contribution >= 4 is 27.9 Å². The van der Waals surface area contributed by atoms with Crippen molar-refractivity contribution in [2.75, 3.05) is 6.67 Å². The van der Waals surface area contributed by atoms with E-state index in [9.17, 15) is 26.7 Å². The number of amides is 1. The molecule has 0 saturated carbocycles. The number of nitrogens with zero attached hydrogens (tertiary/aromatic N) is 1. The van der Waals surface area contributed by atoms with E-state index in [4.69, 9.17) is 4.74 Å². The summed E-state index contributed by atoms with van der Waals surface area (Å²) in [6.45, 7) is -1.47. The maximum atomic E-state index is 14.4. The second-order valence-electron chi connectivity index (χ2n) is 6.37. The maximum absolute atomic E-state index is 14.4. The second-order valence-corrected chi connectivity index (χ2v) is 7.29. The SMILES string of the molecule is O=C(NC1=N[C@H](C(F)(F)F)C[C@@](CF)(c2cc(Br)ccc2F)O1)c1ccccc1. The first kappa shape index (κ1) is 21.2. The first-order chi connectivity index (χ1) is 13.6. The quantitative estimate of drug-likeness (QED) is 0.641. The van der Waals surface area contributed by atoms with Gasteiger partial charge in [-0.05, 0) is 30.3 Å². The van der Waals surface area contributed by atoms with Gasteiger partial charge in [-0.25, -0.2) is 13.8 Å². The van der Waals surface area contributed by atoms with Gasteiger partial charge in [0, 0.05) is 22.0 Å². The van der Waals surface area contributed by atoms with Gasteiger partial charge in [0.1, 0.15) is 12.5 Å². The lowest BCUT2D eigenvalue weighted by Crippen LogP contribution is -2.51. The molecule has 0 saturated heterocycles. The van der Waals surface area contributed by atoms with Gasteiger partial charge in [-0.1, -0.05) is 34.1 Å². The summed E-state index contributed by atoms with van der Waals surface area (Å²) in [4.78, 5) is 15.7. The second kappa shape index (κ2) is 8.10. The first-order valence-electron chi connectivity index (χ1n) is 8.36. The highest BCUT2D eigenvalue weighted by Gasteiger charge is 2.52. The Morgan fingerprint density at radius 1 is 1.24 bits per heavy atom. The van der Waals surface area contributed by atoms with Gasteiger partial charge in [-0.2, -0.15) is 13.2 Å². The van der Waals surface area contributed by atoms with E-state index >= 15 is 0 Å². The van der Waals surface area contributed by atoms with Crippen molar-refractivity contribution in [3.63, 3.8) is 0 Å². The minimum Gasteiger partial charge on any atom is -0.450 e. The minimum absolute atomic E-state index is 0.132. The molecule has 1 N–H and O–H groups in total. The van der Waals surface area contributed by atoms with E-state index in [0.29, 0.717) is 4.47 Å². The summed E-state index contributed by atoms with van der Waals surface area (Å²) in [7, 11) is 0. The summed E-state index contributed by atoms with van der Waals surface area (Å²) < 4.78 is 74.5. The number of ether oxygens (including phenoxy) is 1. The fourth-order valence-corrected chi connectivity index (χ4v) is 3.28. The Labute approximate surface area is 170 Å². The Bertz CT molecular complexity index is 936. The molecule has 154 valence electrons. The van der Waals surface area contributed by atoms with E-state index in [1.54, 1.807) is 18.2 Å². The molecule has 4 nitrogen and oxygen atoms in total. The fourth-order valence-electron chi connectivity index (χ4n) is 2.92. The van der Waals surface area contributed by atoms with E-state index in [1.165, 1.54) is 18.2 Å². The van der Waals surface area contributed by atoms with Crippen LogP contribution < -0.4 is 5.32 Å². The molecule has 1 heterocycles. The highest BCUT2D eigenvalue weighted by atomic mass is 79.9. The summed E-state index contributed by atoms with van der Waals surface area (Å²) in [5, 5.41) is 2.12. The van der Waals surface area contributed by atoms with Crippen LogP contribution in [-0.2, 0) is 10.3 Å². The highest BCUT2D eigenvalue weighted by molar-refractivity contribution is 9.10. The first-order valence-corrected chi connectivity index (χ1v) is 9.15. The number of hydrogen-bond acceptors (Lipinski definition) is 3. The van der Waals surface area contributed by atoms with Gasteiger partial charge in [-0.3, -0.25) is 10.1 Å². The van der Waals surface area contributed by atoms with Crippen molar-refractivity contribution in [3.05, 3.63) is 69.9 Å². The van der Waals surface area contributed by atoms with Crippen molar-refractivity contribution in [1.82, 2.24) is 5.32 Å². The van der Waals surface area contributed by atoms with E-state index in [0.717, 1.165) is 12.1 Å². The molecule has 10 heteroatoms. The van der Waals surface area contributed by atoms with Crippen LogP contribution in [0.15, 0.2) is 58.0 Å². The lowest BCUT2D eigenvalue weighted by molar-refractivity contribution is -0.167. The third-order valence-electron chi connectivity index (χ3n) is 4.36. The van der Waals surface area contributed by atoms with Gasteiger partial charge in [0.05, 0.1) is 0 Å². The lowest BCUT2D eigenvalue weighted by atomic mass is 9.86. The van der Waals surface area contributed by atoms with Gasteiger partial charge in [-0.15, -0.1) is 0 Å². The molecule has 2 atom stereocenters. The molecular formula is C19H14BrF5N2O2. The average Bonchev–Trinajstić information content (AvgIpc) is 2.69. The zero-order chi connectivity index (χ0) is 21.2. The topological polar surface area (TPSA) is 50.7 Å². The number of alkyl halides is 4. The number of hydrogen-bond donors (Lipinski definition) is 1. The molecule has 1 amide bonds. The Morgan fingerprint density at radius 3 is 2.55 bits per heavy atom. The van der Waals surface area contributed by atoms with Crippen molar-refractivity contribution in [3.8, 4) is 0 Å². The largest absolute Gasteiger partial charge is 0.450 e. The van der Waals surface area contributed by atoms with Crippen LogP contribution in [0.4, 0.5) is 22.0 Å². The summed E-state index contributed by atoms with van der Waals surface area (Å²) in [6, 6.07) is 7.84. The molecule has 29 heavy (non-hydrogen) atoms. The lowest BCUT2D eigenvalue weighted by Gasteiger charge is -2.38. The van der Waals surface area contributed by atoms with Gasteiger partial charge >= 0.3 is 6.18 Å². The molecule has 0 fully saturated rings. The monoisotopic (exact) mass is 476 g/mol. The van der Waals surface area contributed by atoms with E-state index in [2.05, 4.69) is 26.2 Å². The summed E-state index contributed by atoms with van der Waals surface area (Å²) >= 11 is 3.09. The van der Waals surface area contributed by atoms with Crippen molar-refractivity contribution in [2.24, 2.45) is 4.99 Å². The molecular weight excluding hydrogens is 463 g/mol. The molecule has 1 aliphatic heterocycles. The zero-order valence-corrected chi connectivity index (χ0v) is 16.2. The number of amidine groups is 1. The van der Waals surface area contributed by atoms with Crippen LogP contribution in [0.2, 0.25) is 0 Å². The van der Waals surface area contributed by atoms with Gasteiger partial charge < -0.3 is 4.74 Å². The number of aliphatic imine (C=N–C) groups is 1. The van der Waals surface area contributed by atoms with Gasteiger partial charge in [0.2, 0.25) is 0 Å². The summed E-state index contributed by atoms with van der Waals surface area (Å²) in [5.41, 5.74) is -2.59. The number of nitrogens with one attached hydrogen (secondary N) is 1. The number of carbonyl (C=O) groups is 1. The zero-order valence-electron chi connectivity index (χ0n) is 14.6. The molecule has 1 aliphatic rings. The van der Waals surface area contributed by atoms with Crippen molar-refractivity contribution in [2.45, 2.75) is 24.2 Å². The van der Waals surface area contributed by atoms with Crippen molar-refractivity contribution < 1.29 is 31.5 Å². The molecule has 0 bridgehead atoms. The third-order valence-corrected chi connectivity index (χ3v) is 4.85. The molecule has 0 unspecified atom stereocenters. The van der Waals surface area contributed by atoms with E-state index < -0.39 is 54.2 Å².